The van der Waals surface area contributed by atoms with Crippen molar-refractivity contribution in [2.75, 3.05) is 32.1 Å². The Morgan fingerprint density at radius 3 is 2.72 bits per heavy atom. The zero-order valence-electron chi connectivity index (χ0n) is 15.9. The Hall–Kier alpha value is -3.11. The molecule has 1 aliphatic rings. The molecule has 1 aromatic heterocycles. The molecule has 0 fully saturated rings. The molecule has 9 nitrogen and oxygen atoms in total. The van der Waals surface area contributed by atoms with E-state index in [1.807, 2.05) is 6.92 Å². The van der Waals surface area contributed by atoms with Gasteiger partial charge in [-0.25, -0.2) is 13.4 Å². The van der Waals surface area contributed by atoms with E-state index < -0.39 is 15.9 Å². The first-order chi connectivity index (χ1) is 13.8. The first kappa shape index (κ1) is 19.2. The SMILES string of the molecule is Cc1nc2ccc(NC(=O)CN(C)S(=O)(=O)c3ccc4c(c3)OCCO4)cc2[nH]1. The number of hydrogen-bond donors (Lipinski definition) is 2. The second-order valence-corrected chi connectivity index (χ2v) is 8.71. The number of nitrogens with one attached hydrogen (secondary N) is 2. The second-order valence-electron chi connectivity index (χ2n) is 6.67. The molecule has 10 heteroatoms. The van der Waals surface area contributed by atoms with Crippen molar-refractivity contribution in [3.63, 3.8) is 0 Å². The summed E-state index contributed by atoms with van der Waals surface area (Å²) in [6, 6.07) is 9.65. The lowest BCUT2D eigenvalue weighted by molar-refractivity contribution is -0.116. The summed E-state index contributed by atoms with van der Waals surface area (Å²) in [5.74, 6) is 1.19. The number of aromatic amines is 1. The molecular weight excluding hydrogens is 396 g/mol. The van der Waals surface area contributed by atoms with Crippen molar-refractivity contribution in [3.05, 3.63) is 42.2 Å². The van der Waals surface area contributed by atoms with Crippen LogP contribution >= 0.6 is 0 Å². The first-order valence-electron chi connectivity index (χ1n) is 8.95. The number of imidazole rings is 1. The van der Waals surface area contributed by atoms with Gasteiger partial charge in [-0.3, -0.25) is 4.79 Å². The fraction of sp³-hybridized carbons (Fsp3) is 0.263. The molecule has 0 radical (unpaired) electrons. The predicted octanol–water partition coefficient (Wildman–Crippen LogP) is 1.90. The molecule has 0 spiro atoms. The third kappa shape index (κ3) is 3.89. The van der Waals surface area contributed by atoms with E-state index >= 15 is 0 Å². The van der Waals surface area contributed by atoms with Crippen LogP contribution in [0.1, 0.15) is 5.82 Å². The maximum atomic E-state index is 12.8. The lowest BCUT2D eigenvalue weighted by atomic mass is 10.3. The fourth-order valence-corrected chi connectivity index (χ4v) is 4.21. The lowest BCUT2D eigenvalue weighted by Gasteiger charge is -2.21. The number of ether oxygens (including phenoxy) is 2. The number of H-pyrrole nitrogens is 1. The van der Waals surface area contributed by atoms with Crippen molar-refractivity contribution in [1.29, 1.82) is 0 Å². The van der Waals surface area contributed by atoms with Crippen LogP contribution in [-0.2, 0) is 14.8 Å². The topological polar surface area (TPSA) is 114 Å². The highest BCUT2D eigenvalue weighted by atomic mass is 32.2. The number of aromatic nitrogens is 2. The molecule has 0 saturated carbocycles. The summed E-state index contributed by atoms with van der Waals surface area (Å²) in [6.07, 6.45) is 0. The normalized spacial score (nSPS) is 13.6. The highest BCUT2D eigenvalue weighted by Gasteiger charge is 2.25. The Balaban J connectivity index is 1.46. The molecular formula is C19H20N4O5S. The minimum atomic E-state index is -3.87. The molecule has 0 unspecified atom stereocenters. The van der Waals surface area contributed by atoms with Crippen LogP contribution in [0.3, 0.4) is 0 Å². The van der Waals surface area contributed by atoms with Crippen LogP contribution in [0, 0.1) is 6.92 Å². The van der Waals surface area contributed by atoms with Gasteiger partial charge < -0.3 is 19.8 Å². The molecule has 152 valence electrons. The van der Waals surface area contributed by atoms with E-state index in [9.17, 15) is 13.2 Å². The number of hydrogen-bond acceptors (Lipinski definition) is 6. The number of anilines is 1. The average Bonchev–Trinajstić information content (AvgIpc) is 3.06. The minimum Gasteiger partial charge on any atom is -0.486 e. The summed E-state index contributed by atoms with van der Waals surface area (Å²) >= 11 is 0. The van der Waals surface area contributed by atoms with Crippen molar-refractivity contribution in [3.8, 4) is 11.5 Å². The molecule has 0 aliphatic carbocycles. The molecule has 2 aromatic carbocycles. The Morgan fingerprint density at radius 2 is 1.93 bits per heavy atom. The number of carbonyl (C=O) groups is 1. The van der Waals surface area contributed by atoms with E-state index in [4.69, 9.17) is 9.47 Å². The van der Waals surface area contributed by atoms with Crippen LogP contribution in [0.25, 0.3) is 11.0 Å². The van der Waals surface area contributed by atoms with Gasteiger partial charge in [0.25, 0.3) is 0 Å². The smallest absolute Gasteiger partial charge is 0.243 e. The van der Waals surface area contributed by atoms with Crippen LogP contribution in [0.15, 0.2) is 41.3 Å². The number of aryl methyl sites for hydroxylation is 1. The van der Waals surface area contributed by atoms with Gasteiger partial charge in [0.2, 0.25) is 15.9 Å². The van der Waals surface area contributed by atoms with Gasteiger partial charge in [-0.05, 0) is 37.3 Å². The van der Waals surface area contributed by atoms with Gasteiger partial charge >= 0.3 is 0 Å². The quantitative estimate of drug-likeness (QED) is 0.657. The van der Waals surface area contributed by atoms with Crippen LogP contribution in [0.4, 0.5) is 5.69 Å². The highest BCUT2D eigenvalue weighted by molar-refractivity contribution is 7.89. The zero-order valence-corrected chi connectivity index (χ0v) is 16.7. The number of amides is 1. The third-order valence-corrected chi connectivity index (χ3v) is 6.27. The van der Waals surface area contributed by atoms with E-state index in [-0.39, 0.29) is 11.4 Å². The summed E-state index contributed by atoms with van der Waals surface area (Å²) in [5, 5.41) is 2.71. The molecule has 0 atom stereocenters. The summed E-state index contributed by atoms with van der Waals surface area (Å²) in [6.45, 7) is 2.28. The minimum absolute atomic E-state index is 0.0337. The maximum absolute atomic E-state index is 12.8. The number of sulfonamides is 1. The fourth-order valence-electron chi connectivity index (χ4n) is 3.07. The standard InChI is InChI=1S/C19H20N4O5S/c1-12-20-15-5-3-13(9-16(15)21-12)22-19(24)11-23(2)29(25,26)14-4-6-17-18(10-14)28-8-7-27-17/h3-6,9-10H,7-8,11H2,1-2H3,(H,20,21)(H,22,24). The van der Waals surface area contributed by atoms with Gasteiger partial charge in [-0.2, -0.15) is 4.31 Å². The summed E-state index contributed by atoms with van der Waals surface area (Å²) in [4.78, 5) is 19.8. The highest BCUT2D eigenvalue weighted by Crippen LogP contribution is 2.33. The summed E-state index contributed by atoms with van der Waals surface area (Å²) in [7, 11) is -2.52. The van der Waals surface area contributed by atoms with E-state index in [1.54, 1.807) is 24.3 Å². The van der Waals surface area contributed by atoms with Crippen molar-refractivity contribution in [2.45, 2.75) is 11.8 Å². The lowest BCUT2D eigenvalue weighted by Crippen LogP contribution is -2.35. The predicted molar refractivity (Wildman–Crippen MR) is 107 cm³/mol. The summed E-state index contributed by atoms with van der Waals surface area (Å²) in [5.41, 5.74) is 2.13. The molecule has 0 saturated heterocycles. The molecule has 1 aliphatic heterocycles. The number of benzene rings is 2. The van der Waals surface area contributed by atoms with Crippen LogP contribution in [0.5, 0.6) is 11.5 Å². The van der Waals surface area contributed by atoms with Gasteiger partial charge in [-0.1, -0.05) is 0 Å². The molecule has 0 bridgehead atoms. The van der Waals surface area contributed by atoms with Gasteiger partial charge in [0.15, 0.2) is 11.5 Å². The van der Waals surface area contributed by atoms with E-state index in [0.717, 1.165) is 21.2 Å². The monoisotopic (exact) mass is 416 g/mol. The zero-order chi connectivity index (χ0) is 20.6. The number of nitrogens with zero attached hydrogens (tertiary/aromatic N) is 2. The van der Waals surface area contributed by atoms with E-state index in [0.29, 0.717) is 30.4 Å². The van der Waals surface area contributed by atoms with Gasteiger partial charge in [0.05, 0.1) is 22.5 Å². The molecule has 3 aromatic rings. The van der Waals surface area contributed by atoms with Crippen LogP contribution in [-0.4, -0.2) is 55.4 Å². The van der Waals surface area contributed by atoms with Crippen molar-refractivity contribution in [1.82, 2.24) is 14.3 Å². The molecule has 2 heterocycles. The first-order valence-corrected chi connectivity index (χ1v) is 10.4. The number of rotatable bonds is 5. The average molecular weight is 416 g/mol. The number of carbonyl (C=O) groups excluding carboxylic acids is 1. The van der Waals surface area contributed by atoms with Crippen LogP contribution < -0.4 is 14.8 Å². The van der Waals surface area contributed by atoms with Crippen LogP contribution in [0.2, 0.25) is 0 Å². The van der Waals surface area contributed by atoms with Crippen molar-refractivity contribution < 1.29 is 22.7 Å². The Bertz CT molecular complexity index is 1190. The van der Waals surface area contributed by atoms with E-state index in [2.05, 4.69) is 15.3 Å². The Morgan fingerprint density at radius 1 is 1.17 bits per heavy atom. The Labute approximate surface area is 167 Å². The number of fused-ring (bicyclic) bond motifs is 2. The van der Waals surface area contributed by atoms with Crippen molar-refractivity contribution >= 4 is 32.7 Å². The third-order valence-electron chi connectivity index (χ3n) is 4.47. The van der Waals surface area contributed by atoms with Gasteiger partial charge in [-0.15, -0.1) is 0 Å². The largest absolute Gasteiger partial charge is 0.486 e. The second kappa shape index (κ2) is 7.37. The molecule has 4 rings (SSSR count). The van der Waals surface area contributed by atoms with E-state index in [1.165, 1.54) is 19.2 Å². The van der Waals surface area contributed by atoms with Gasteiger partial charge in [0.1, 0.15) is 19.0 Å². The van der Waals surface area contributed by atoms with Gasteiger partial charge in [0, 0.05) is 18.8 Å². The molecule has 1 amide bonds. The molecule has 29 heavy (non-hydrogen) atoms. The Kier molecular flexibility index (Phi) is 4.89. The van der Waals surface area contributed by atoms with Crippen molar-refractivity contribution in [2.24, 2.45) is 0 Å². The molecule has 2 N–H and O–H groups in total. The number of likely N-dealkylation sites (N-methyl/N-ethyl adjacent to an activating group) is 1. The summed E-state index contributed by atoms with van der Waals surface area (Å²) < 4.78 is 37.5. The maximum Gasteiger partial charge on any atom is 0.243 e.